The van der Waals surface area contributed by atoms with E-state index in [2.05, 4.69) is 93.2 Å². The van der Waals surface area contributed by atoms with Gasteiger partial charge in [-0.25, -0.2) is 26.2 Å². The van der Waals surface area contributed by atoms with Gasteiger partial charge in [-0.3, -0.25) is 4.98 Å². The van der Waals surface area contributed by atoms with Crippen LogP contribution in [-0.4, -0.2) is 65.9 Å². The maximum absolute atomic E-state index is 14.6. The van der Waals surface area contributed by atoms with Gasteiger partial charge in [0.25, 0.3) is 0 Å². The summed E-state index contributed by atoms with van der Waals surface area (Å²) in [6.45, 7) is 2.89. The predicted molar refractivity (Wildman–Crippen MR) is 271 cm³/mol. The van der Waals surface area contributed by atoms with Gasteiger partial charge < -0.3 is 20.6 Å². The van der Waals surface area contributed by atoms with Crippen molar-refractivity contribution in [1.82, 2.24) is 24.2 Å². The van der Waals surface area contributed by atoms with E-state index in [4.69, 9.17) is 4.98 Å². The van der Waals surface area contributed by atoms with Gasteiger partial charge in [-0.05, 0) is 169 Å². The number of hydrogen-bond donors (Lipinski definition) is 4. The van der Waals surface area contributed by atoms with Gasteiger partial charge in [0.1, 0.15) is 21.5 Å². The summed E-state index contributed by atoms with van der Waals surface area (Å²) in [7, 11) is -6.45. The Morgan fingerprint density at radius 3 is 2.29 bits per heavy atom. The molecule has 4 heterocycles. The third kappa shape index (κ3) is 9.85. The molecule has 14 heteroatoms. The normalized spacial score (nSPS) is 15.6. The van der Waals surface area contributed by atoms with Crippen molar-refractivity contribution >= 4 is 53.6 Å². The second-order valence-corrected chi connectivity index (χ2v) is 22.7. The van der Waals surface area contributed by atoms with Crippen LogP contribution in [0.3, 0.4) is 0 Å². The van der Waals surface area contributed by atoms with Crippen LogP contribution in [0.2, 0.25) is 0 Å². The highest BCUT2D eigenvalue weighted by Crippen LogP contribution is 2.39. The molecule has 1 unspecified atom stereocenters. The first-order valence-electron chi connectivity index (χ1n) is 23.1. The molecule has 348 valence electrons. The van der Waals surface area contributed by atoms with E-state index < -0.39 is 19.9 Å². The van der Waals surface area contributed by atoms with E-state index in [1.54, 1.807) is 12.3 Å². The molecule has 4 N–H and O–H groups in total. The highest BCUT2D eigenvalue weighted by molar-refractivity contribution is 7.90. The Labute approximate surface area is 397 Å². The molecule has 0 amide bonds. The number of halogens is 1. The summed E-state index contributed by atoms with van der Waals surface area (Å²) in [6.07, 6.45) is 11.8. The number of nitrogens with one attached hydrogen (secondary N) is 4. The van der Waals surface area contributed by atoms with Crippen LogP contribution in [0, 0.1) is 18.7 Å². The van der Waals surface area contributed by atoms with Gasteiger partial charge in [0.05, 0.1) is 23.0 Å². The molecule has 11 nitrogen and oxygen atoms in total. The number of pyridine rings is 1. The zero-order valence-electron chi connectivity index (χ0n) is 38.4. The average Bonchev–Trinajstić information content (AvgIpc) is 3.97. The minimum absolute atomic E-state index is 0.0759. The van der Waals surface area contributed by atoms with E-state index >= 15 is 0 Å². The van der Waals surface area contributed by atoms with E-state index in [-0.39, 0.29) is 17.5 Å². The van der Waals surface area contributed by atoms with Gasteiger partial charge in [-0.2, -0.15) is 4.31 Å². The summed E-state index contributed by atoms with van der Waals surface area (Å²) in [5, 5.41) is 7.50. The lowest BCUT2D eigenvalue weighted by Crippen LogP contribution is -2.35. The lowest BCUT2D eigenvalue weighted by molar-refractivity contribution is 0.395. The third-order valence-electron chi connectivity index (χ3n) is 13.5. The second-order valence-electron chi connectivity index (χ2n) is 18.5. The van der Waals surface area contributed by atoms with Crippen molar-refractivity contribution in [3.8, 4) is 33.9 Å². The molecule has 0 bridgehead atoms. The first-order valence-corrected chi connectivity index (χ1v) is 27.0. The predicted octanol–water partition coefficient (Wildman–Crippen LogP) is 11.1. The highest BCUT2D eigenvalue weighted by atomic mass is 32.2. The number of aromatic amines is 2. The number of H-pyrrole nitrogens is 2. The Hall–Kier alpha value is -6.61. The molecule has 2 aliphatic rings. The fourth-order valence-electron chi connectivity index (χ4n) is 10.1. The molecule has 3 aromatic heterocycles. The summed E-state index contributed by atoms with van der Waals surface area (Å²) in [5.74, 6) is 0.534. The number of anilines is 4. The second kappa shape index (κ2) is 18.5. The van der Waals surface area contributed by atoms with Gasteiger partial charge in [-0.1, -0.05) is 36.8 Å². The first kappa shape index (κ1) is 45.2. The molecule has 5 aromatic carbocycles. The number of imidazole rings is 1. The van der Waals surface area contributed by atoms with Gasteiger partial charge >= 0.3 is 0 Å². The number of nitrogens with zero attached hydrogens (tertiary/aromatic N) is 3. The lowest BCUT2D eigenvalue weighted by Gasteiger charge is -2.28. The molecular weight excluding hydrogens is 894 g/mol. The average molecular weight is 948 g/mol. The molecule has 0 fully saturated rings. The van der Waals surface area contributed by atoms with Crippen molar-refractivity contribution in [3.63, 3.8) is 0 Å². The Morgan fingerprint density at radius 1 is 0.750 bits per heavy atom. The number of sulfone groups is 1. The number of aromatic nitrogens is 4. The number of benzene rings is 5. The molecule has 1 atom stereocenters. The summed E-state index contributed by atoms with van der Waals surface area (Å²) in [6, 6.07) is 35.7. The molecule has 1 aliphatic carbocycles. The Morgan fingerprint density at radius 2 is 1.51 bits per heavy atom. The molecule has 10 rings (SSSR count). The Kier molecular flexibility index (Phi) is 12.3. The first-order chi connectivity index (χ1) is 32.7. The molecular formula is C54H54FN7O4S2. The molecule has 0 saturated heterocycles. The Balaban J connectivity index is 1.05. The molecule has 8 aromatic rings. The highest BCUT2D eigenvalue weighted by Gasteiger charge is 2.26. The van der Waals surface area contributed by atoms with Crippen LogP contribution in [0.15, 0.2) is 122 Å². The third-order valence-corrected chi connectivity index (χ3v) is 15.8. The van der Waals surface area contributed by atoms with Crippen molar-refractivity contribution in [1.29, 1.82) is 0 Å². The monoisotopic (exact) mass is 947 g/mol. The van der Waals surface area contributed by atoms with Gasteiger partial charge in [0.15, 0.2) is 0 Å². The van der Waals surface area contributed by atoms with E-state index in [0.29, 0.717) is 49.2 Å². The van der Waals surface area contributed by atoms with Crippen molar-refractivity contribution in [2.24, 2.45) is 5.92 Å². The van der Waals surface area contributed by atoms with E-state index in [1.807, 2.05) is 36.5 Å². The fraction of sp³-hybridized carbons (Fsp3) is 0.259. The fourth-order valence-corrected chi connectivity index (χ4v) is 12.1. The smallest absolute Gasteiger partial charge is 0.211 e. The molecule has 0 radical (unpaired) electrons. The van der Waals surface area contributed by atoms with Gasteiger partial charge in [0.2, 0.25) is 10.0 Å². The van der Waals surface area contributed by atoms with Crippen molar-refractivity contribution in [2.75, 3.05) is 35.4 Å². The number of rotatable bonds is 12. The molecule has 0 saturated carbocycles. The minimum Gasteiger partial charge on any atom is -0.355 e. The van der Waals surface area contributed by atoms with E-state index in [1.165, 1.54) is 40.1 Å². The summed E-state index contributed by atoms with van der Waals surface area (Å²) in [5.41, 5.74) is 17.3. The SMILES string of the molecule is Cc1c(Cc2ccc(Nc3cccc4c3CCCCC(CS(C)(=O)=O)C4)cc2-c2nc3ccc(F)cc3[nH]2)cc(Nc2cccc3c2CCN(S(C)(=O)=O)C3)cc1-c1ccc(-c2cccnc2)[nH]1. The summed E-state index contributed by atoms with van der Waals surface area (Å²) >= 11 is 0. The van der Waals surface area contributed by atoms with Crippen LogP contribution in [0.4, 0.5) is 27.1 Å². The molecule has 0 spiro atoms. The minimum atomic E-state index is -3.34. The van der Waals surface area contributed by atoms with E-state index in [0.717, 1.165) is 104 Å². The Bertz CT molecular complexity index is 3420. The number of sulfonamides is 1. The zero-order valence-corrected chi connectivity index (χ0v) is 40.0. The number of fused-ring (bicyclic) bond motifs is 3. The van der Waals surface area contributed by atoms with Crippen molar-refractivity contribution < 1.29 is 21.2 Å². The van der Waals surface area contributed by atoms with Crippen LogP contribution < -0.4 is 10.6 Å². The number of hydrogen-bond acceptors (Lipinski definition) is 8. The summed E-state index contributed by atoms with van der Waals surface area (Å²) in [4.78, 5) is 16.4. The lowest BCUT2D eigenvalue weighted by atomic mass is 9.86. The van der Waals surface area contributed by atoms with Gasteiger partial charge in [-0.15, -0.1) is 0 Å². The van der Waals surface area contributed by atoms with Crippen LogP contribution in [0.25, 0.3) is 44.9 Å². The molecule has 68 heavy (non-hydrogen) atoms. The van der Waals surface area contributed by atoms with Gasteiger partial charge in [0, 0.05) is 82.6 Å². The zero-order chi connectivity index (χ0) is 47.2. The quantitative estimate of drug-likeness (QED) is 0.0944. The van der Waals surface area contributed by atoms with Crippen LogP contribution in [0.1, 0.15) is 58.2 Å². The van der Waals surface area contributed by atoms with Crippen LogP contribution >= 0.6 is 0 Å². The topological polar surface area (TPSA) is 153 Å². The van der Waals surface area contributed by atoms with Crippen molar-refractivity contribution in [2.45, 2.75) is 58.4 Å². The standard InChI is InChI=1S/C54H54FN7O4S2/c1-34-40(27-43(30-46(34)51-21-20-48(59-51)38-12-8-23-56-31-38)58-50-15-7-11-39-32-62(68(3,65)66)24-22-45(39)50)26-37-16-18-42(29-47(37)54-60-52-19-17-41(55)28-53(52)61-54)57-49-14-6-10-36-25-35(33-67(2,63)64)9-4-5-13-44(36)49/h6-8,10-12,14-21,23,27-31,35,57-59H,4-5,9,13,22,24-26,32-33H2,1-3H3,(H,60,61). The maximum Gasteiger partial charge on any atom is 0.211 e. The van der Waals surface area contributed by atoms with Crippen LogP contribution in [0.5, 0.6) is 0 Å². The van der Waals surface area contributed by atoms with E-state index in [9.17, 15) is 21.2 Å². The summed E-state index contributed by atoms with van der Waals surface area (Å²) < 4.78 is 65.8. The maximum atomic E-state index is 14.6. The van der Waals surface area contributed by atoms with Crippen molar-refractivity contribution in [3.05, 3.63) is 166 Å². The molecule has 1 aliphatic heterocycles. The largest absolute Gasteiger partial charge is 0.355 e. The van der Waals surface area contributed by atoms with Crippen LogP contribution in [-0.2, 0) is 52.1 Å².